The maximum atomic E-state index is 12.5. The van der Waals surface area contributed by atoms with E-state index >= 15 is 0 Å². The maximum Gasteiger partial charge on any atom is 0.338 e. The number of hydrogen-bond donors (Lipinski definition) is 0. The Morgan fingerprint density at radius 1 is 0.722 bits per heavy atom. The number of esters is 2. The average Bonchev–Trinajstić information content (AvgIpc) is 3.34. The van der Waals surface area contributed by atoms with E-state index < -0.39 is 11.9 Å². The Labute approximate surface area is 208 Å². The van der Waals surface area contributed by atoms with E-state index in [1.54, 1.807) is 12.1 Å². The lowest BCUT2D eigenvalue weighted by Crippen LogP contribution is -2.06. The van der Waals surface area contributed by atoms with E-state index in [9.17, 15) is 9.59 Å². The lowest BCUT2D eigenvalue weighted by atomic mass is 9.92. The van der Waals surface area contributed by atoms with Crippen LogP contribution in [0.15, 0.2) is 97.2 Å². The van der Waals surface area contributed by atoms with Crippen LogP contribution in [0.5, 0.6) is 0 Å². The minimum atomic E-state index is -0.411. The van der Waals surface area contributed by atoms with Gasteiger partial charge in [-0.1, -0.05) is 54.6 Å². The van der Waals surface area contributed by atoms with Crippen molar-refractivity contribution in [1.82, 2.24) is 9.78 Å². The number of benzene rings is 4. The van der Waals surface area contributed by atoms with Crippen molar-refractivity contribution in [3.63, 3.8) is 0 Å². The van der Waals surface area contributed by atoms with E-state index in [4.69, 9.17) is 9.47 Å². The summed E-state index contributed by atoms with van der Waals surface area (Å²) in [5.74, 6) is -0.823. The van der Waals surface area contributed by atoms with Crippen molar-refractivity contribution >= 4 is 22.8 Å². The third-order valence-electron chi connectivity index (χ3n) is 6.16. The van der Waals surface area contributed by atoms with E-state index in [1.165, 1.54) is 14.2 Å². The number of aromatic nitrogens is 2. The van der Waals surface area contributed by atoms with E-state index in [-0.39, 0.29) is 0 Å². The molecule has 0 atom stereocenters. The Kier molecular flexibility index (Phi) is 6.33. The Morgan fingerprint density at radius 2 is 1.25 bits per heavy atom. The predicted octanol–water partition coefficient (Wildman–Crippen LogP) is 5.99. The summed E-state index contributed by atoms with van der Waals surface area (Å²) in [6, 6.07) is 28.8. The molecule has 1 heterocycles. The van der Waals surface area contributed by atoms with Crippen molar-refractivity contribution in [3.8, 4) is 22.3 Å². The second-order valence-electron chi connectivity index (χ2n) is 8.35. The van der Waals surface area contributed by atoms with Gasteiger partial charge in [-0.15, -0.1) is 0 Å². The zero-order valence-corrected chi connectivity index (χ0v) is 20.0. The molecule has 5 aromatic rings. The SMILES string of the molecule is COC(=O)c1ccccc1-c1cc(Cn2ncc3ccccc32)cc(-c2ccccc2C(=O)OC)c1. The molecule has 1 aromatic heterocycles. The standard InChI is InChI=1S/C30H24N2O4/c1-35-29(33)26-12-6-4-10-24(26)22-15-20(19-32-28-14-8-3-9-21(28)18-31-32)16-23(17-22)25-11-5-7-13-27(25)30(34)36-2/h3-18H,19H2,1-2H3. The van der Waals surface area contributed by atoms with Gasteiger partial charge in [-0.3, -0.25) is 4.68 Å². The largest absolute Gasteiger partial charge is 0.465 e. The van der Waals surface area contributed by atoms with E-state index in [2.05, 4.69) is 5.10 Å². The van der Waals surface area contributed by atoms with Crippen LogP contribution in [0.1, 0.15) is 26.3 Å². The number of carbonyl (C=O) groups excluding carboxylic acids is 2. The molecular weight excluding hydrogens is 452 g/mol. The Balaban J connectivity index is 1.70. The summed E-state index contributed by atoms with van der Waals surface area (Å²) in [5.41, 5.74) is 6.08. The van der Waals surface area contributed by atoms with Crippen molar-refractivity contribution in [3.05, 3.63) is 114 Å². The molecule has 0 aliphatic carbocycles. The minimum Gasteiger partial charge on any atom is -0.465 e. The Hall–Kier alpha value is -4.71. The van der Waals surface area contributed by atoms with Crippen molar-refractivity contribution in [2.24, 2.45) is 0 Å². The van der Waals surface area contributed by atoms with Gasteiger partial charge in [-0.05, 0) is 64.2 Å². The number of para-hydroxylation sites is 1. The zero-order chi connectivity index (χ0) is 25.1. The molecule has 0 bridgehead atoms. The van der Waals surface area contributed by atoms with Crippen LogP contribution in [0.4, 0.5) is 0 Å². The highest BCUT2D eigenvalue weighted by atomic mass is 16.5. The number of methoxy groups -OCH3 is 2. The van der Waals surface area contributed by atoms with Gasteiger partial charge >= 0.3 is 11.9 Å². The first kappa shape index (κ1) is 23.1. The van der Waals surface area contributed by atoms with Crippen molar-refractivity contribution in [1.29, 1.82) is 0 Å². The second-order valence-corrected chi connectivity index (χ2v) is 8.35. The fourth-order valence-corrected chi connectivity index (χ4v) is 4.46. The number of rotatable bonds is 6. The summed E-state index contributed by atoms with van der Waals surface area (Å²) in [4.78, 5) is 25.1. The molecule has 0 unspecified atom stereocenters. The molecule has 5 rings (SSSR count). The fraction of sp³-hybridized carbons (Fsp3) is 0.100. The predicted molar refractivity (Wildman–Crippen MR) is 139 cm³/mol. The van der Waals surface area contributed by atoms with Gasteiger partial charge in [0.2, 0.25) is 0 Å². The normalized spacial score (nSPS) is 10.8. The number of carbonyl (C=O) groups is 2. The van der Waals surface area contributed by atoms with Crippen LogP contribution in [0.3, 0.4) is 0 Å². The molecule has 0 N–H and O–H groups in total. The Morgan fingerprint density at radius 3 is 1.83 bits per heavy atom. The summed E-state index contributed by atoms with van der Waals surface area (Å²) >= 11 is 0. The molecule has 0 aliphatic heterocycles. The van der Waals surface area contributed by atoms with Gasteiger partial charge in [0.15, 0.2) is 0 Å². The Bertz CT molecular complexity index is 1510. The monoisotopic (exact) mass is 476 g/mol. The molecule has 0 amide bonds. The first-order chi connectivity index (χ1) is 17.6. The van der Waals surface area contributed by atoms with Crippen LogP contribution in [0.25, 0.3) is 33.2 Å². The number of fused-ring (bicyclic) bond motifs is 1. The van der Waals surface area contributed by atoms with Crippen molar-refractivity contribution in [2.75, 3.05) is 14.2 Å². The highest BCUT2D eigenvalue weighted by Crippen LogP contribution is 2.33. The number of nitrogens with zero attached hydrogens (tertiary/aromatic N) is 2. The molecule has 0 radical (unpaired) electrons. The highest BCUT2D eigenvalue weighted by molar-refractivity contribution is 5.99. The summed E-state index contributed by atoms with van der Waals surface area (Å²) in [5, 5.41) is 5.64. The molecule has 6 heteroatoms. The molecule has 0 fully saturated rings. The quantitative estimate of drug-likeness (QED) is 0.282. The van der Waals surface area contributed by atoms with Gasteiger partial charge in [-0.25, -0.2) is 9.59 Å². The summed E-state index contributed by atoms with van der Waals surface area (Å²) in [6.07, 6.45) is 1.85. The third-order valence-corrected chi connectivity index (χ3v) is 6.16. The van der Waals surface area contributed by atoms with E-state index in [1.807, 2.05) is 89.7 Å². The molecule has 0 saturated heterocycles. The van der Waals surface area contributed by atoms with Gasteiger partial charge in [0.1, 0.15) is 0 Å². The van der Waals surface area contributed by atoms with E-state index in [0.717, 1.165) is 38.7 Å². The van der Waals surface area contributed by atoms with Crippen LogP contribution in [0, 0.1) is 0 Å². The first-order valence-corrected chi connectivity index (χ1v) is 11.5. The number of ether oxygens (including phenoxy) is 2. The summed E-state index contributed by atoms with van der Waals surface area (Å²) in [6.45, 7) is 0.509. The van der Waals surface area contributed by atoms with Gasteiger partial charge < -0.3 is 9.47 Å². The maximum absolute atomic E-state index is 12.5. The zero-order valence-electron chi connectivity index (χ0n) is 20.0. The minimum absolute atomic E-state index is 0.411. The van der Waals surface area contributed by atoms with Gasteiger partial charge in [0.05, 0.1) is 43.6 Å². The topological polar surface area (TPSA) is 70.4 Å². The van der Waals surface area contributed by atoms with Crippen LogP contribution < -0.4 is 0 Å². The smallest absolute Gasteiger partial charge is 0.338 e. The van der Waals surface area contributed by atoms with Crippen molar-refractivity contribution in [2.45, 2.75) is 6.54 Å². The molecule has 36 heavy (non-hydrogen) atoms. The van der Waals surface area contributed by atoms with E-state index in [0.29, 0.717) is 17.7 Å². The molecule has 178 valence electrons. The number of hydrogen-bond acceptors (Lipinski definition) is 5. The van der Waals surface area contributed by atoms with Crippen LogP contribution in [-0.2, 0) is 16.0 Å². The van der Waals surface area contributed by atoms with Gasteiger partial charge in [-0.2, -0.15) is 5.10 Å². The lowest BCUT2D eigenvalue weighted by Gasteiger charge is -2.15. The second kappa shape index (κ2) is 9.88. The summed E-state index contributed by atoms with van der Waals surface area (Å²) in [7, 11) is 2.74. The third kappa shape index (κ3) is 4.36. The van der Waals surface area contributed by atoms with Crippen LogP contribution in [0.2, 0.25) is 0 Å². The highest BCUT2D eigenvalue weighted by Gasteiger charge is 2.18. The molecule has 6 nitrogen and oxygen atoms in total. The average molecular weight is 477 g/mol. The van der Waals surface area contributed by atoms with Crippen LogP contribution >= 0.6 is 0 Å². The summed E-state index contributed by atoms with van der Waals surface area (Å²) < 4.78 is 12.0. The molecular formula is C30H24N2O4. The lowest BCUT2D eigenvalue weighted by molar-refractivity contribution is 0.0592. The van der Waals surface area contributed by atoms with Gasteiger partial charge in [0, 0.05) is 5.39 Å². The van der Waals surface area contributed by atoms with Crippen molar-refractivity contribution < 1.29 is 19.1 Å². The molecule has 0 aliphatic rings. The fourth-order valence-electron chi connectivity index (χ4n) is 4.46. The molecule has 0 spiro atoms. The molecule has 0 saturated carbocycles. The van der Waals surface area contributed by atoms with Gasteiger partial charge in [0.25, 0.3) is 0 Å². The molecule has 4 aromatic carbocycles. The first-order valence-electron chi connectivity index (χ1n) is 11.5. The van der Waals surface area contributed by atoms with Crippen LogP contribution in [-0.4, -0.2) is 35.9 Å².